The number of aromatic amines is 1. The van der Waals surface area contributed by atoms with Crippen molar-refractivity contribution in [2.24, 2.45) is 10.8 Å². The highest BCUT2D eigenvalue weighted by molar-refractivity contribution is 9.08. The summed E-state index contributed by atoms with van der Waals surface area (Å²) in [6.45, 7) is 24.2. The van der Waals surface area contributed by atoms with Crippen molar-refractivity contribution < 1.29 is 19.1 Å². The molecule has 10 nitrogen and oxygen atoms in total. The SMILES string of the molecule is BrCc1ccccc1.CC(C)(C)OC(=O)N[C@@H](c1nc(-c2ccccc2)cn1Cc1ccccc1)C(C)(C)C.CC(C)(C)OC(=O)N[C@@H](c1ncc(-c2ccccc2)[nH]1)C(C)(C)C. The molecule has 2 aromatic heterocycles. The van der Waals surface area contributed by atoms with Gasteiger partial charge in [0.2, 0.25) is 0 Å². The molecule has 0 fully saturated rings. The third-order valence-electron chi connectivity index (χ3n) is 9.34. The van der Waals surface area contributed by atoms with Crippen molar-refractivity contribution in [3.63, 3.8) is 0 Å². The van der Waals surface area contributed by atoms with E-state index < -0.39 is 23.4 Å². The minimum atomic E-state index is -0.568. The van der Waals surface area contributed by atoms with Crippen LogP contribution < -0.4 is 10.6 Å². The van der Waals surface area contributed by atoms with E-state index in [2.05, 4.69) is 113 Å². The molecule has 0 aliphatic carbocycles. The van der Waals surface area contributed by atoms with Crippen LogP contribution in [0.5, 0.6) is 0 Å². The van der Waals surface area contributed by atoms with Gasteiger partial charge in [0.05, 0.1) is 29.7 Å². The van der Waals surface area contributed by atoms with Crippen molar-refractivity contribution in [3.8, 4) is 22.5 Å². The van der Waals surface area contributed by atoms with Crippen LogP contribution in [0.25, 0.3) is 22.5 Å². The number of halogens is 1. The molecule has 11 heteroatoms. The molecule has 336 valence electrons. The normalized spacial score (nSPS) is 12.7. The standard InChI is InChI=1S/C26H33N3O2.C19H27N3O2.C7H7Br/c1-25(2,3)22(28-24(30)31-26(4,5)6)23-27-21(20-15-11-8-12-16-20)18-29(23)17-19-13-9-7-10-14-19;1-18(2,3)15(22-17(23)24-19(4,5)6)16-20-12-14(21-16)13-10-8-7-9-11-13;8-6-7-4-2-1-3-5-7/h7-16,18,22H,17H2,1-6H3,(H,28,30);7-12,15H,1-6H3,(H,20,21)(H,22,23);1-5H,6H2/t22-;15-;/m00./s1. The summed E-state index contributed by atoms with van der Waals surface area (Å²) in [5, 5.41) is 6.97. The molecule has 6 rings (SSSR count). The van der Waals surface area contributed by atoms with Gasteiger partial charge in [-0.25, -0.2) is 19.6 Å². The van der Waals surface area contributed by atoms with Crippen LogP contribution in [-0.4, -0.2) is 42.9 Å². The highest BCUT2D eigenvalue weighted by Gasteiger charge is 2.34. The molecule has 0 aliphatic heterocycles. The fourth-order valence-electron chi connectivity index (χ4n) is 6.34. The smallest absolute Gasteiger partial charge is 0.408 e. The summed E-state index contributed by atoms with van der Waals surface area (Å²) in [7, 11) is 0. The van der Waals surface area contributed by atoms with Gasteiger partial charge in [-0.05, 0) is 69.1 Å². The zero-order chi connectivity index (χ0) is 46.4. The zero-order valence-corrected chi connectivity index (χ0v) is 40.7. The number of imidazole rings is 2. The first kappa shape index (κ1) is 50.0. The Morgan fingerprint density at radius 1 is 0.619 bits per heavy atom. The lowest BCUT2D eigenvalue weighted by Crippen LogP contribution is -2.41. The number of hydrogen-bond donors (Lipinski definition) is 3. The van der Waals surface area contributed by atoms with Crippen molar-refractivity contribution in [2.75, 3.05) is 0 Å². The average Bonchev–Trinajstić information content (AvgIpc) is 3.87. The molecule has 0 unspecified atom stereocenters. The lowest BCUT2D eigenvalue weighted by atomic mass is 9.86. The Labute approximate surface area is 383 Å². The molecule has 4 aromatic carbocycles. The van der Waals surface area contributed by atoms with Gasteiger partial charge in [0, 0.05) is 23.6 Å². The molecule has 2 atom stereocenters. The van der Waals surface area contributed by atoms with Gasteiger partial charge in [-0.2, -0.15) is 0 Å². The van der Waals surface area contributed by atoms with Crippen LogP contribution in [0.2, 0.25) is 0 Å². The summed E-state index contributed by atoms with van der Waals surface area (Å²) in [6, 6.07) is 40.0. The summed E-state index contributed by atoms with van der Waals surface area (Å²) < 4.78 is 13.1. The monoisotopic (exact) mass is 918 g/mol. The van der Waals surface area contributed by atoms with Crippen molar-refractivity contribution in [1.29, 1.82) is 0 Å². The molecule has 3 N–H and O–H groups in total. The number of ether oxygens (including phenoxy) is 2. The van der Waals surface area contributed by atoms with E-state index in [1.165, 1.54) is 11.1 Å². The maximum atomic E-state index is 12.7. The largest absolute Gasteiger partial charge is 0.444 e. The lowest BCUT2D eigenvalue weighted by molar-refractivity contribution is 0.0447. The van der Waals surface area contributed by atoms with Gasteiger partial charge in [-0.15, -0.1) is 0 Å². The van der Waals surface area contributed by atoms with Crippen LogP contribution in [0.1, 0.15) is 118 Å². The number of aromatic nitrogens is 4. The molecule has 0 saturated heterocycles. The van der Waals surface area contributed by atoms with Gasteiger partial charge < -0.3 is 29.7 Å². The van der Waals surface area contributed by atoms with E-state index in [9.17, 15) is 9.59 Å². The third-order valence-corrected chi connectivity index (χ3v) is 9.98. The minimum absolute atomic E-state index is 0.220. The highest BCUT2D eigenvalue weighted by Crippen LogP contribution is 2.35. The number of carbonyl (C=O) groups is 2. The Balaban J connectivity index is 0.000000240. The van der Waals surface area contributed by atoms with E-state index in [0.717, 1.165) is 33.7 Å². The van der Waals surface area contributed by atoms with E-state index in [1.54, 1.807) is 6.20 Å². The van der Waals surface area contributed by atoms with Gasteiger partial charge in [0.1, 0.15) is 22.9 Å². The second kappa shape index (κ2) is 22.1. The quantitative estimate of drug-likeness (QED) is 0.124. The first-order chi connectivity index (χ1) is 29.5. The molecule has 0 bridgehead atoms. The Bertz CT molecular complexity index is 2280. The number of benzene rings is 4. The Kier molecular flexibility index (Phi) is 17.5. The molecule has 0 radical (unpaired) electrons. The zero-order valence-electron chi connectivity index (χ0n) is 39.1. The number of carbonyl (C=O) groups excluding carboxylic acids is 2. The van der Waals surface area contributed by atoms with Crippen molar-refractivity contribution in [1.82, 2.24) is 30.2 Å². The maximum Gasteiger partial charge on any atom is 0.408 e. The van der Waals surface area contributed by atoms with Gasteiger partial charge in [-0.3, -0.25) is 0 Å². The number of alkyl carbamates (subject to hydrolysis) is 2. The summed E-state index contributed by atoms with van der Waals surface area (Å²) in [6.07, 6.45) is 2.97. The van der Waals surface area contributed by atoms with E-state index in [0.29, 0.717) is 12.4 Å². The lowest BCUT2D eigenvalue weighted by Gasteiger charge is -2.32. The molecular formula is C52H67BrN6O4. The Morgan fingerprint density at radius 2 is 1.05 bits per heavy atom. The second-order valence-corrected chi connectivity index (χ2v) is 20.1. The molecule has 2 heterocycles. The van der Waals surface area contributed by atoms with Crippen LogP contribution in [-0.2, 0) is 21.3 Å². The van der Waals surface area contributed by atoms with Gasteiger partial charge in [0.15, 0.2) is 0 Å². The number of H-pyrrole nitrogens is 1. The molecule has 63 heavy (non-hydrogen) atoms. The number of rotatable bonds is 9. The number of alkyl halides is 1. The molecular weight excluding hydrogens is 853 g/mol. The van der Waals surface area contributed by atoms with Crippen molar-refractivity contribution in [3.05, 3.63) is 156 Å². The molecule has 0 spiro atoms. The topological polar surface area (TPSA) is 123 Å². The number of nitrogens with zero attached hydrogens (tertiary/aromatic N) is 3. The van der Waals surface area contributed by atoms with Crippen molar-refractivity contribution >= 4 is 28.1 Å². The van der Waals surface area contributed by atoms with Crippen LogP contribution in [0.4, 0.5) is 9.59 Å². The molecule has 0 saturated carbocycles. The van der Waals surface area contributed by atoms with E-state index in [1.807, 2.05) is 139 Å². The fraction of sp³-hybridized carbons (Fsp3) is 0.385. The minimum Gasteiger partial charge on any atom is -0.444 e. The van der Waals surface area contributed by atoms with Gasteiger partial charge in [-0.1, -0.05) is 179 Å². The molecule has 2 amide bonds. The Morgan fingerprint density at radius 3 is 1.48 bits per heavy atom. The predicted molar refractivity (Wildman–Crippen MR) is 259 cm³/mol. The van der Waals surface area contributed by atoms with Gasteiger partial charge >= 0.3 is 12.2 Å². The van der Waals surface area contributed by atoms with Crippen LogP contribution in [0.15, 0.2) is 134 Å². The molecule has 6 aromatic rings. The summed E-state index contributed by atoms with van der Waals surface area (Å²) in [5.74, 6) is 1.52. The number of nitrogens with one attached hydrogen (secondary N) is 3. The van der Waals surface area contributed by atoms with Crippen LogP contribution in [0.3, 0.4) is 0 Å². The summed E-state index contributed by atoms with van der Waals surface area (Å²) >= 11 is 3.36. The number of amides is 2. The van der Waals surface area contributed by atoms with Crippen molar-refractivity contribution in [2.45, 2.75) is 118 Å². The Hall–Kier alpha value is -5.68. The van der Waals surface area contributed by atoms with Gasteiger partial charge in [0.25, 0.3) is 0 Å². The highest BCUT2D eigenvalue weighted by atomic mass is 79.9. The van der Waals surface area contributed by atoms with E-state index in [-0.39, 0.29) is 22.9 Å². The maximum absolute atomic E-state index is 12.7. The summed E-state index contributed by atoms with van der Waals surface area (Å²) in [4.78, 5) is 37.6. The first-order valence-electron chi connectivity index (χ1n) is 21.4. The van der Waals surface area contributed by atoms with E-state index in [4.69, 9.17) is 14.5 Å². The van der Waals surface area contributed by atoms with E-state index >= 15 is 0 Å². The second-order valence-electron chi connectivity index (χ2n) is 19.5. The number of hydrogen-bond acceptors (Lipinski definition) is 6. The predicted octanol–water partition coefficient (Wildman–Crippen LogP) is 13.5. The van der Waals surface area contributed by atoms with Crippen LogP contribution >= 0.6 is 15.9 Å². The molecule has 0 aliphatic rings. The fourth-order valence-corrected chi connectivity index (χ4v) is 6.72. The third kappa shape index (κ3) is 16.8. The van der Waals surface area contributed by atoms with Crippen LogP contribution in [0, 0.1) is 10.8 Å². The summed E-state index contributed by atoms with van der Waals surface area (Å²) in [5.41, 5.74) is 4.80. The average molecular weight is 920 g/mol. The first-order valence-corrected chi connectivity index (χ1v) is 22.5.